The number of nitrogen functional groups attached to an aromatic ring is 1. The fraction of sp³-hybridized carbons (Fsp3) is 0.789. The summed E-state index contributed by atoms with van der Waals surface area (Å²) in [4.78, 5) is 11.7. The van der Waals surface area contributed by atoms with Gasteiger partial charge in [-0.05, 0) is 53.9 Å². The number of aromatic nitrogens is 2. The third kappa shape index (κ3) is 6.59. The van der Waals surface area contributed by atoms with Crippen LogP contribution in [0.2, 0.25) is 0 Å². The van der Waals surface area contributed by atoms with Gasteiger partial charge in [-0.1, -0.05) is 20.3 Å². The van der Waals surface area contributed by atoms with Crippen molar-refractivity contribution in [3.05, 3.63) is 11.8 Å². The van der Waals surface area contributed by atoms with Gasteiger partial charge in [-0.3, -0.25) is 0 Å². The van der Waals surface area contributed by atoms with E-state index in [4.69, 9.17) is 10.5 Å². The Hall–Kier alpha value is -1.72. The van der Waals surface area contributed by atoms with Gasteiger partial charge in [0.1, 0.15) is 11.9 Å². The second-order valence-electron chi connectivity index (χ2n) is 8.12. The van der Waals surface area contributed by atoms with Crippen LogP contribution in [0.3, 0.4) is 0 Å². The summed E-state index contributed by atoms with van der Waals surface area (Å²) >= 11 is 0. The van der Waals surface area contributed by atoms with E-state index < -0.39 is 0 Å². The van der Waals surface area contributed by atoms with E-state index in [0.29, 0.717) is 11.7 Å². The highest BCUT2D eigenvalue weighted by Crippen LogP contribution is 2.36. The third-order valence-electron chi connectivity index (χ3n) is 3.87. The Bertz CT molecular complexity index is 546. The summed E-state index contributed by atoms with van der Waals surface area (Å²) in [5.74, 6) is 0.993. The highest BCUT2D eigenvalue weighted by molar-refractivity contribution is 5.67. The molecule has 1 heterocycles. The van der Waals surface area contributed by atoms with Gasteiger partial charge in [0.15, 0.2) is 0 Å². The monoisotopic (exact) mass is 352 g/mol. The lowest BCUT2D eigenvalue weighted by Crippen LogP contribution is -2.33. The van der Waals surface area contributed by atoms with Crippen LogP contribution in [0, 0.1) is 0 Å². The number of nitrogens with zero attached hydrogens (tertiary/aromatic N) is 2. The predicted molar refractivity (Wildman–Crippen MR) is 103 cm³/mol. The first-order valence-corrected chi connectivity index (χ1v) is 9.41. The molecule has 1 fully saturated rings. The summed E-state index contributed by atoms with van der Waals surface area (Å²) in [6.45, 7) is 14.3. The minimum atomic E-state index is -0.333. The molecule has 0 saturated heterocycles. The first-order valence-electron chi connectivity index (χ1n) is 9.41. The Morgan fingerprint density at radius 1 is 1.40 bits per heavy atom. The molecule has 0 radical (unpaired) electrons. The number of carbonyl (C=O) groups excluding carboxylic acids is 1. The summed E-state index contributed by atoms with van der Waals surface area (Å²) < 4.78 is 7.33. The van der Waals surface area contributed by atoms with Crippen LogP contribution in [-0.4, -0.2) is 28.0 Å². The number of anilines is 1. The lowest BCUT2D eigenvalue weighted by molar-refractivity contribution is 0.0981. The maximum atomic E-state index is 11.7. The van der Waals surface area contributed by atoms with Gasteiger partial charge in [-0.2, -0.15) is 5.10 Å². The van der Waals surface area contributed by atoms with Crippen molar-refractivity contribution in [1.82, 2.24) is 15.1 Å². The van der Waals surface area contributed by atoms with E-state index >= 15 is 0 Å². The first-order chi connectivity index (χ1) is 11.6. The summed E-state index contributed by atoms with van der Waals surface area (Å²) in [6, 6.07) is 2.04. The average molecular weight is 353 g/mol. The number of hydrogen-bond acceptors (Lipinski definition) is 4. The maximum absolute atomic E-state index is 11.7. The molecule has 1 saturated carbocycles. The van der Waals surface area contributed by atoms with E-state index in [1.165, 1.54) is 6.42 Å². The SMILES string of the molecule is CC(C)NC(=O)OC1CCC(c2cc(N)n(C(C)(C)C)n2)C1.CCC. The van der Waals surface area contributed by atoms with Gasteiger partial charge in [0.05, 0.1) is 11.2 Å². The third-order valence-corrected chi connectivity index (χ3v) is 3.87. The van der Waals surface area contributed by atoms with Crippen LogP contribution in [0.4, 0.5) is 10.6 Å². The molecule has 6 nitrogen and oxygen atoms in total. The van der Waals surface area contributed by atoms with Crippen LogP contribution < -0.4 is 11.1 Å². The fourth-order valence-electron chi connectivity index (χ4n) is 2.89. The lowest BCUT2D eigenvalue weighted by atomic mass is 10.0. The summed E-state index contributed by atoms with van der Waals surface area (Å²) in [5, 5.41) is 7.42. The summed E-state index contributed by atoms with van der Waals surface area (Å²) in [7, 11) is 0. The van der Waals surface area contributed by atoms with Gasteiger partial charge in [-0.25, -0.2) is 9.48 Å². The van der Waals surface area contributed by atoms with Crippen molar-refractivity contribution in [2.75, 3.05) is 5.73 Å². The molecule has 0 aliphatic heterocycles. The second-order valence-corrected chi connectivity index (χ2v) is 8.12. The highest BCUT2D eigenvalue weighted by Gasteiger charge is 2.31. The van der Waals surface area contributed by atoms with Gasteiger partial charge >= 0.3 is 6.09 Å². The Morgan fingerprint density at radius 3 is 2.48 bits per heavy atom. The minimum Gasteiger partial charge on any atom is -0.446 e. The van der Waals surface area contributed by atoms with Crippen LogP contribution in [0.25, 0.3) is 0 Å². The molecule has 6 heteroatoms. The fourth-order valence-corrected chi connectivity index (χ4v) is 2.89. The highest BCUT2D eigenvalue weighted by atomic mass is 16.6. The molecule has 1 amide bonds. The van der Waals surface area contributed by atoms with Crippen LogP contribution in [0.15, 0.2) is 6.07 Å². The topological polar surface area (TPSA) is 82.2 Å². The minimum absolute atomic E-state index is 0.0373. The number of rotatable bonds is 3. The maximum Gasteiger partial charge on any atom is 0.407 e. The molecule has 2 atom stereocenters. The second kappa shape index (κ2) is 9.11. The molecule has 1 aromatic heterocycles. The molecule has 2 rings (SSSR count). The molecule has 1 aromatic rings. The van der Waals surface area contributed by atoms with E-state index in [-0.39, 0.29) is 23.8 Å². The Morgan fingerprint density at radius 2 is 2.00 bits per heavy atom. The number of hydrogen-bond donors (Lipinski definition) is 2. The van der Waals surface area contributed by atoms with Crippen molar-refractivity contribution in [2.24, 2.45) is 0 Å². The molecule has 3 N–H and O–H groups in total. The molecule has 0 bridgehead atoms. The Balaban J connectivity index is 0.000000970. The molecular weight excluding hydrogens is 316 g/mol. The number of alkyl carbamates (subject to hydrolysis) is 1. The van der Waals surface area contributed by atoms with Gasteiger partial charge in [0.2, 0.25) is 0 Å². The normalized spacial score (nSPS) is 20.2. The largest absolute Gasteiger partial charge is 0.446 e. The van der Waals surface area contributed by atoms with Crippen LogP contribution >= 0.6 is 0 Å². The van der Waals surface area contributed by atoms with Gasteiger partial charge in [0, 0.05) is 18.0 Å². The van der Waals surface area contributed by atoms with Crippen molar-refractivity contribution in [3.8, 4) is 0 Å². The van der Waals surface area contributed by atoms with Gasteiger partial charge in [0.25, 0.3) is 0 Å². The van der Waals surface area contributed by atoms with Crippen molar-refractivity contribution in [2.45, 2.75) is 97.8 Å². The van der Waals surface area contributed by atoms with Crippen molar-refractivity contribution in [3.63, 3.8) is 0 Å². The molecule has 1 aliphatic rings. The Labute approximate surface area is 152 Å². The zero-order chi connectivity index (χ0) is 19.2. The first kappa shape index (κ1) is 21.3. The predicted octanol–water partition coefficient (Wildman–Crippen LogP) is 4.41. The molecular formula is C19H36N4O2. The molecule has 0 aromatic carbocycles. The van der Waals surface area contributed by atoms with Crippen LogP contribution in [0.1, 0.15) is 85.8 Å². The molecule has 144 valence electrons. The standard InChI is InChI=1S/C16H28N4O2.C3H8/c1-10(2)18-15(21)22-12-7-6-11(8-12)13-9-14(17)20(19-13)16(3,4)5;1-3-2/h9-12H,6-8,17H2,1-5H3,(H,18,21);3H2,1-2H3. The average Bonchev–Trinajstić information content (AvgIpc) is 3.04. The van der Waals surface area contributed by atoms with Gasteiger partial charge < -0.3 is 15.8 Å². The molecule has 1 aliphatic carbocycles. The van der Waals surface area contributed by atoms with Crippen LogP contribution in [-0.2, 0) is 10.3 Å². The molecule has 25 heavy (non-hydrogen) atoms. The number of ether oxygens (including phenoxy) is 1. The number of carbonyl (C=O) groups is 1. The summed E-state index contributed by atoms with van der Waals surface area (Å²) in [6.07, 6.45) is 3.54. The van der Waals surface area contributed by atoms with E-state index in [9.17, 15) is 4.79 Å². The van der Waals surface area contributed by atoms with Crippen molar-refractivity contribution in [1.29, 1.82) is 0 Å². The summed E-state index contributed by atoms with van der Waals surface area (Å²) in [5.41, 5.74) is 6.94. The number of nitrogens with two attached hydrogens (primary N) is 1. The Kier molecular flexibility index (Phi) is 7.77. The van der Waals surface area contributed by atoms with Crippen LogP contribution in [0.5, 0.6) is 0 Å². The molecule has 0 spiro atoms. The van der Waals surface area contributed by atoms with Crippen molar-refractivity contribution < 1.29 is 9.53 Å². The van der Waals surface area contributed by atoms with E-state index in [1.807, 2.05) is 24.6 Å². The lowest BCUT2D eigenvalue weighted by Gasteiger charge is -2.20. The number of amides is 1. The number of nitrogens with one attached hydrogen (secondary N) is 1. The zero-order valence-corrected chi connectivity index (χ0v) is 16.9. The van der Waals surface area contributed by atoms with E-state index in [0.717, 1.165) is 25.0 Å². The molecule has 2 unspecified atom stereocenters. The van der Waals surface area contributed by atoms with Gasteiger partial charge in [-0.15, -0.1) is 0 Å². The van der Waals surface area contributed by atoms with E-state index in [2.05, 4.69) is 45.0 Å². The van der Waals surface area contributed by atoms with E-state index in [1.54, 1.807) is 0 Å². The smallest absolute Gasteiger partial charge is 0.407 e. The van der Waals surface area contributed by atoms with Crippen molar-refractivity contribution >= 4 is 11.9 Å². The quantitative estimate of drug-likeness (QED) is 0.844. The zero-order valence-electron chi connectivity index (χ0n) is 16.9.